The van der Waals surface area contributed by atoms with Gasteiger partial charge in [0.1, 0.15) is 0 Å². The Labute approximate surface area is 177 Å². The summed E-state index contributed by atoms with van der Waals surface area (Å²) in [7, 11) is 0. The zero-order valence-electron chi connectivity index (χ0n) is 16.5. The highest BCUT2D eigenvalue weighted by Gasteiger charge is 2.61. The molecule has 1 saturated carbocycles. The van der Waals surface area contributed by atoms with E-state index in [1.165, 1.54) is 29.3 Å². The lowest BCUT2D eigenvalue weighted by atomic mass is 9.85. The maximum Gasteiger partial charge on any atom is 0.273 e. The molecular weight excluding hydrogens is 398 g/mol. The van der Waals surface area contributed by atoms with Gasteiger partial charge in [-0.25, -0.2) is 5.01 Å². The van der Waals surface area contributed by atoms with Gasteiger partial charge in [0.05, 0.1) is 23.3 Å². The Morgan fingerprint density at radius 2 is 1.55 bits per heavy atom. The van der Waals surface area contributed by atoms with E-state index in [1.807, 2.05) is 42.5 Å². The fraction of sp³-hybridized carbons (Fsp3) is 0.261. The van der Waals surface area contributed by atoms with E-state index in [4.69, 9.17) is 0 Å². The first-order valence-electron chi connectivity index (χ1n) is 10.1. The predicted octanol–water partition coefficient (Wildman–Crippen LogP) is 2.96. The number of hydrogen-bond donors (Lipinski definition) is 0. The van der Waals surface area contributed by atoms with Crippen LogP contribution in [0, 0.1) is 33.8 Å². The lowest BCUT2D eigenvalue weighted by Crippen LogP contribution is -2.50. The molecule has 1 heterocycles. The first-order chi connectivity index (χ1) is 15.0. The summed E-state index contributed by atoms with van der Waals surface area (Å²) in [5.41, 5.74) is 0.786. The number of carbonyl (C=O) groups excluding carboxylic acids is 3. The summed E-state index contributed by atoms with van der Waals surface area (Å²) in [6, 6.07) is 14.3. The van der Waals surface area contributed by atoms with E-state index in [0.29, 0.717) is 0 Å². The van der Waals surface area contributed by atoms with Crippen LogP contribution < -0.4 is 0 Å². The fourth-order valence-electron chi connectivity index (χ4n) is 4.99. The third-order valence-electron chi connectivity index (χ3n) is 6.42. The minimum absolute atomic E-state index is 0.0319. The number of fused-ring (bicyclic) bond motifs is 5. The van der Waals surface area contributed by atoms with Crippen molar-refractivity contribution in [2.75, 3.05) is 0 Å². The molecule has 2 aromatic carbocycles. The number of amides is 3. The molecule has 0 radical (unpaired) electrons. The van der Waals surface area contributed by atoms with Crippen LogP contribution in [-0.2, 0) is 16.1 Å². The molecule has 8 heteroatoms. The van der Waals surface area contributed by atoms with Crippen molar-refractivity contribution in [3.05, 3.63) is 88.0 Å². The molecule has 2 bridgehead atoms. The molecule has 2 aromatic rings. The number of benzene rings is 2. The summed E-state index contributed by atoms with van der Waals surface area (Å²) in [4.78, 5) is 50.4. The predicted molar refractivity (Wildman–Crippen MR) is 109 cm³/mol. The highest BCUT2D eigenvalue weighted by atomic mass is 16.6. The molecule has 1 saturated heterocycles. The number of imide groups is 1. The number of nitrogens with zero attached hydrogens (tertiary/aromatic N) is 3. The van der Waals surface area contributed by atoms with Crippen molar-refractivity contribution in [3.8, 4) is 0 Å². The van der Waals surface area contributed by atoms with Crippen molar-refractivity contribution in [3.63, 3.8) is 0 Å². The normalized spacial score (nSPS) is 25.7. The Hall–Kier alpha value is -3.81. The van der Waals surface area contributed by atoms with E-state index in [-0.39, 0.29) is 41.4 Å². The maximum absolute atomic E-state index is 13.4. The van der Waals surface area contributed by atoms with Gasteiger partial charge < -0.3 is 0 Å². The Balaban J connectivity index is 1.50. The standard InChI is InChI=1S/C23H19N3O5/c27-21(15-8-10-18(11-9-15)26(30)31)24(13-14-4-2-1-3-5-14)25-22(28)19-16-6-7-17(12-16)20(19)23(25)29/h1-11,16-17,19-20H,12-13H2/t16-,17-,19-,20+/m0/s1. The van der Waals surface area contributed by atoms with Crippen LogP contribution in [0.4, 0.5) is 5.69 Å². The summed E-state index contributed by atoms with van der Waals surface area (Å²) in [6.07, 6.45) is 4.80. The second-order valence-electron chi connectivity index (χ2n) is 8.14. The molecule has 2 aliphatic carbocycles. The number of non-ortho nitro benzene ring substituents is 1. The van der Waals surface area contributed by atoms with Gasteiger partial charge in [0.2, 0.25) is 0 Å². The van der Waals surface area contributed by atoms with Crippen LogP contribution in [0.1, 0.15) is 22.3 Å². The molecule has 5 rings (SSSR count). The quantitative estimate of drug-likeness (QED) is 0.322. The number of hydrogen-bond acceptors (Lipinski definition) is 5. The molecule has 3 amide bonds. The van der Waals surface area contributed by atoms with Crippen molar-refractivity contribution in [2.24, 2.45) is 23.7 Å². The van der Waals surface area contributed by atoms with Crippen LogP contribution in [0.5, 0.6) is 0 Å². The third-order valence-corrected chi connectivity index (χ3v) is 6.42. The Bertz CT molecular complexity index is 1080. The van der Waals surface area contributed by atoms with Gasteiger partial charge in [-0.1, -0.05) is 42.5 Å². The molecule has 0 spiro atoms. The number of rotatable bonds is 5. The number of allylic oxidation sites excluding steroid dienone is 2. The first-order valence-corrected chi connectivity index (χ1v) is 10.1. The van der Waals surface area contributed by atoms with Gasteiger partial charge in [-0.3, -0.25) is 24.5 Å². The van der Waals surface area contributed by atoms with Gasteiger partial charge in [-0.05, 0) is 36.0 Å². The molecule has 31 heavy (non-hydrogen) atoms. The molecule has 0 N–H and O–H groups in total. The fourth-order valence-corrected chi connectivity index (χ4v) is 4.99. The molecule has 0 unspecified atom stereocenters. The van der Waals surface area contributed by atoms with E-state index >= 15 is 0 Å². The number of nitro benzene ring substituents is 1. The Morgan fingerprint density at radius 3 is 2.10 bits per heavy atom. The summed E-state index contributed by atoms with van der Waals surface area (Å²) < 4.78 is 0. The molecule has 1 aliphatic heterocycles. The first kappa shape index (κ1) is 19.2. The minimum Gasteiger partial charge on any atom is -0.272 e. The number of carbonyl (C=O) groups is 3. The van der Waals surface area contributed by atoms with Crippen LogP contribution in [0.15, 0.2) is 66.7 Å². The van der Waals surface area contributed by atoms with E-state index in [9.17, 15) is 24.5 Å². The van der Waals surface area contributed by atoms with Crippen molar-refractivity contribution in [1.29, 1.82) is 0 Å². The van der Waals surface area contributed by atoms with E-state index < -0.39 is 22.7 Å². The monoisotopic (exact) mass is 417 g/mol. The third kappa shape index (κ3) is 3.02. The molecule has 3 aliphatic rings. The van der Waals surface area contributed by atoms with Crippen molar-refractivity contribution in [1.82, 2.24) is 10.0 Å². The van der Waals surface area contributed by atoms with Gasteiger partial charge in [-0.2, -0.15) is 5.01 Å². The van der Waals surface area contributed by atoms with Crippen molar-refractivity contribution in [2.45, 2.75) is 13.0 Å². The SMILES string of the molecule is O=C(c1ccc([N+](=O)[O-])cc1)N(Cc1ccccc1)N1C(=O)[C@@H]2[C@H](C1=O)[C@H]1C=C[C@H]2C1. The maximum atomic E-state index is 13.4. The summed E-state index contributed by atoms with van der Waals surface area (Å²) in [6.45, 7) is 0.0380. The lowest BCUT2D eigenvalue weighted by Gasteiger charge is -2.31. The molecule has 156 valence electrons. The van der Waals surface area contributed by atoms with Gasteiger partial charge in [0, 0.05) is 17.7 Å². The highest BCUT2D eigenvalue weighted by molar-refractivity contribution is 6.08. The molecule has 2 fully saturated rings. The zero-order chi connectivity index (χ0) is 21.7. The number of hydrazine groups is 1. The van der Waals surface area contributed by atoms with E-state index in [2.05, 4.69) is 0 Å². The van der Waals surface area contributed by atoms with Crippen LogP contribution in [0.3, 0.4) is 0 Å². The topological polar surface area (TPSA) is 101 Å². The summed E-state index contributed by atoms with van der Waals surface area (Å²) in [5.74, 6) is -2.04. The second kappa shape index (κ2) is 7.16. The average Bonchev–Trinajstić information content (AvgIpc) is 3.46. The number of nitro groups is 1. The van der Waals surface area contributed by atoms with Crippen LogP contribution >= 0.6 is 0 Å². The van der Waals surface area contributed by atoms with Gasteiger partial charge in [-0.15, -0.1) is 0 Å². The Morgan fingerprint density at radius 1 is 0.968 bits per heavy atom. The minimum atomic E-state index is -0.555. The molecular formula is C23H19N3O5. The van der Waals surface area contributed by atoms with Crippen molar-refractivity contribution >= 4 is 23.4 Å². The summed E-state index contributed by atoms with van der Waals surface area (Å²) in [5, 5.41) is 13.1. The van der Waals surface area contributed by atoms with Crippen molar-refractivity contribution < 1.29 is 19.3 Å². The van der Waals surface area contributed by atoms with E-state index in [1.54, 1.807) is 0 Å². The largest absolute Gasteiger partial charge is 0.273 e. The second-order valence-corrected chi connectivity index (χ2v) is 8.14. The van der Waals surface area contributed by atoms with Crippen LogP contribution in [0.25, 0.3) is 0 Å². The highest BCUT2D eigenvalue weighted by Crippen LogP contribution is 2.52. The zero-order valence-corrected chi connectivity index (χ0v) is 16.5. The average molecular weight is 417 g/mol. The van der Waals surface area contributed by atoms with E-state index in [0.717, 1.165) is 17.0 Å². The molecule has 4 atom stereocenters. The van der Waals surface area contributed by atoms with Gasteiger partial charge >= 0.3 is 0 Å². The molecule has 8 nitrogen and oxygen atoms in total. The van der Waals surface area contributed by atoms with Gasteiger partial charge in [0.15, 0.2) is 0 Å². The van der Waals surface area contributed by atoms with Crippen LogP contribution in [-0.4, -0.2) is 32.7 Å². The lowest BCUT2D eigenvalue weighted by molar-refractivity contribution is -0.384. The molecule has 0 aromatic heterocycles. The smallest absolute Gasteiger partial charge is 0.272 e. The van der Waals surface area contributed by atoms with Gasteiger partial charge in [0.25, 0.3) is 23.4 Å². The Kier molecular flexibility index (Phi) is 4.43. The summed E-state index contributed by atoms with van der Waals surface area (Å²) >= 11 is 0. The van der Waals surface area contributed by atoms with Crippen LogP contribution in [0.2, 0.25) is 0 Å².